The van der Waals surface area contributed by atoms with E-state index in [1.54, 1.807) is 22.8 Å². The molecule has 4 aromatic rings. The fourth-order valence-corrected chi connectivity index (χ4v) is 7.93. The summed E-state index contributed by atoms with van der Waals surface area (Å²) < 4.78 is 23.1. The van der Waals surface area contributed by atoms with Crippen LogP contribution in [0.5, 0.6) is 5.75 Å². The lowest BCUT2D eigenvalue weighted by Crippen LogP contribution is -2.50. The van der Waals surface area contributed by atoms with Gasteiger partial charge in [0.15, 0.2) is 0 Å². The van der Waals surface area contributed by atoms with Crippen LogP contribution in [-0.2, 0) is 25.8 Å². The lowest BCUT2D eigenvalue weighted by Gasteiger charge is -2.41. The molecule has 7 rings (SSSR count). The van der Waals surface area contributed by atoms with Crippen molar-refractivity contribution in [1.29, 1.82) is 0 Å². The van der Waals surface area contributed by atoms with Crippen LogP contribution in [0.3, 0.4) is 0 Å². The van der Waals surface area contributed by atoms with Crippen LogP contribution in [-0.4, -0.2) is 39.9 Å². The highest BCUT2D eigenvalue weighted by molar-refractivity contribution is 5.97. The van der Waals surface area contributed by atoms with E-state index < -0.39 is 18.0 Å². The van der Waals surface area contributed by atoms with Crippen molar-refractivity contribution in [2.45, 2.75) is 95.0 Å². The zero-order valence-electron chi connectivity index (χ0n) is 27.5. The molecule has 0 bridgehead atoms. The minimum absolute atomic E-state index is 0.00803. The van der Waals surface area contributed by atoms with Crippen molar-refractivity contribution in [2.75, 3.05) is 6.54 Å². The molecule has 3 atom stereocenters. The first kappa shape index (κ1) is 32.3. The maximum absolute atomic E-state index is 14.9. The van der Waals surface area contributed by atoms with E-state index in [1.807, 2.05) is 30.3 Å². The van der Waals surface area contributed by atoms with Gasteiger partial charge in [-0.05, 0) is 80.7 Å². The van der Waals surface area contributed by atoms with Crippen LogP contribution < -0.4 is 20.9 Å². The van der Waals surface area contributed by atoms with Gasteiger partial charge in [0, 0.05) is 42.4 Å². The largest absolute Gasteiger partial charge is 0.487 e. The summed E-state index contributed by atoms with van der Waals surface area (Å²) in [5.74, 6) is 0.0236. The van der Waals surface area contributed by atoms with E-state index in [0.717, 1.165) is 61.8 Å². The molecule has 3 aliphatic rings. The number of hydrogen-bond acceptors (Lipinski definition) is 5. The minimum atomic E-state index is -0.917. The molecular formula is C40H44FN3O4. The van der Waals surface area contributed by atoms with Gasteiger partial charge in [0.1, 0.15) is 17.2 Å². The number of fused-ring (bicyclic) bond motifs is 2. The summed E-state index contributed by atoms with van der Waals surface area (Å²) in [7, 11) is 0. The molecule has 1 saturated carbocycles. The number of aromatic nitrogens is 1. The predicted molar refractivity (Wildman–Crippen MR) is 185 cm³/mol. The summed E-state index contributed by atoms with van der Waals surface area (Å²) in [6.45, 7) is 2.89. The van der Waals surface area contributed by atoms with Crippen LogP contribution in [0.2, 0.25) is 0 Å². The lowest BCUT2D eigenvalue weighted by atomic mass is 9.85. The van der Waals surface area contributed by atoms with E-state index in [4.69, 9.17) is 4.74 Å². The highest BCUT2D eigenvalue weighted by atomic mass is 19.1. The number of hydrogen-bond donors (Lipinski definition) is 3. The highest BCUT2D eigenvalue weighted by Crippen LogP contribution is 2.47. The molecule has 7 nitrogen and oxygen atoms in total. The summed E-state index contributed by atoms with van der Waals surface area (Å²) in [4.78, 5) is 27.6. The third-order valence-electron chi connectivity index (χ3n) is 10.5. The van der Waals surface area contributed by atoms with Crippen LogP contribution in [0.15, 0.2) is 83.7 Å². The Kier molecular flexibility index (Phi) is 9.21. The SMILES string of the molecule is CCc1ccc2c(c1)[C@@H](NC[C@@H](O)[C@H](Cc1ccccc1)NC(=O)c1cc(-c3ccccc3F)c(=O)n3c1CCC3)CC1(CCCC1)O2. The lowest BCUT2D eigenvalue weighted by molar-refractivity contribution is 0.0326. The quantitative estimate of drug-likeness (QED) is 0.188. The monoisotopic (exact) mass is 649 g/mol. The number of nitrogens with zero attached hydrogens (tertiary/aromatic N) is 1. The summed E-state index contributed by atoms with van der Waals surface area (Å²) in [6, 6.07) is 23.3. The van der Waals surface area contributed by atoms with Gasteiger partial charge in [0.2, 0.25) is 0 Å². The second-order valence-corrected chi connectivity index (χ2v) is 13.7. The van der Waals surface area contributed by atoms with Gasteiger partial charge in [-0.15, -0.1) is 0 Å². The average Bonchev–Trinajstić information content (AvgIpc) is 3.78. The van der Waals surface area contributed by atoms with Gasteiger partial charge in [-0.3, -0.25) is 9.59 Å². The Balaban J connectivity index is 1.16. The van der Waals surface area contributed by atoms with E-state index in [2.05, 4.69) is 35.8 Å². The van der Waals surface area contributed by atoms with Crippen LogP contribution in [0.25, 0.3) is 11.1 Å². The van der Waals surface area contributed by atoms with Gasteiger partial charge in [0.25, 0.3) is 11.5 Å². The van der Waals surface area contributed by atoms with Crippen molar-refractivity contribution >= 4 is 5.91 Å². The van der Waals surface area contributed by atoms with E-state index in [0.29, 0.717) is 30.6 Å². The number of pyridine rings is 1. The third-order valence-corrected chi connectivity index (χ3v) is 10.5. The number of carbonyl (C=O) groups excluding carboxylic acids is 1. The number of halogens is 1. The van der Waals surface area contributed by atoms with Gasteiger partial charge in [0.05, 0.1) is 23.3 Å². The first-order valence-corrected chi connectivity index (χ1v) is 17.4. The van der Waals surface area contributed by atoms with Gasteiger partial charge in [-0.25, -0.2) is 4.39 Å². The van der Waals surface area contributed by atoms with Gasteiger partial charge in [-0.1, -0.05) is 67.6 Å². The Labute approximate surface area is 281 Å². The molecule has 48 heavy (non-hydrogen) atoms. The van der Waals surface area contributed by atoms with Crippen molar-refractivity contribution in [2.24, 2.45) is 0 Å². The Bertz CT molecular complexity index is 1850. The van der Waals surface area contributed by atoms with Gasteiger partial charge < -0.3 is 25.0 Å². The fraction of sp³-hybridized carbons (Fsp3) is 0.400. The van der Waals surface area contributed by atoms with Crippen molar-refractivity contribution in [1.82, 2.24) is 15.2 Å². The summed E-state index contributed by atoms with van der Waals surface area (Å²) in [5, 5.41) is 18.6. The number of aliphatic hydroxyl groups excluding tert-OH is 1. The molecular weight excluding hydrogens is 605 g/mol. The van der Waals surface area contributed by atoms with Crippen molar-refractivity contribution in [3.05, 3.63) is 123 Å². The molecule has 0 radical (unpaired) electrons. The number of aryl methyl sites for hydroxylation is 1. The van der Waals surface area contributed by atoms with Crippen molar-refractivity contribution in [3.8, 4) is 16.9 Å². The fourth-order valence-electron chi connectivity index (χ4n) is 7.93. The third kappa shape index (κ3) is 6.43. The molecule has 8 heteroatoms. The second-order valence-electron chi connectivity index (χ2n) is 13.7. The van der Waals surface area contributed by atoms with Gasteiger partial charge >= 0.3 is 0 Å². The topological polar surface area (TPSA) is 92.6 Å². The van der Waals surface area contributed by atoms with Gasteiger partial charge in [-0.2, -0.15) is 0 Å². The van der Waals surface area contributed by atoms with E-state index >= 15 is 0 Å². The summed E-state index contributed by atoms with van der Waals surface area (Å²) >= 11 is 0. The summed E-state index contributed by atoms with van der Waals surface area (Å²) in [6.07, 6.45) is 6.90. The normalized spacial score (nSPS) is 18.9. The number of nitrogens with one attached hydrogen (secondary N) is 2. The van der Waals surface area contributed by atoms with E-state index in [-0.39, 0.29) is 40.8 Å². The Hall–Kier alpha value is -4.27. The Morgan fingerprint density at radius 3 is 2.54 bits per heavy atom. The number of amides is 1. The smallest absolute Gasteiger partial charge is 0.258 e. The molecule has 3 heterocycles. The maximum atomic E-state index is 14.9. The van der Waals surface area contributed by atoms with E-state index in [1.165, 1.54) is 17.7 Å². The van der Waals surface area contributed by atoms with Crippen LogP contribution in [0, 0.1) is 5.82 Å². The molecule has 1 aromatic heterocycles. The highest BCUT2D eigenvalue weighted by Gasteiger charge is 2.43. The molecule has 1 amide bonds. The zero-order valence-corrected chi connectivity index (χ0v) is 27.5. The van der Waals surface area contributed by atoms with Crippen molar-refractivity contribution < 1.29 is 19.0 Å². The number of benzene rings is 3. The first-order valence-electron chi connectivity index (χ1n) is 17.4. The maximum Gasteiger partial charge on any atom is 0.258 e. The number of rotatable bonds is 10. The Morgan fingerprint density at radius 1 is 1.00 bits per heavy atom. The molecule has 2 aliphatic heterocycles. The molecule has 1 aliphatic carbocycles. The van der Waals surface area contributed by atoms with Crippen LogP contribution in [0.4, 0.5) is 4.39 Å². The number of carbonyl (C=O) groups is 1. The summed E-state index contributed by atoms with van der Waals surface area (Å²) in [5.41, 5.74) is 4.19. The molecule has 1 spiro atoms. The van der Waals surface area contributed by atoms with Crippen LogP contribution in [0.1, 0.15) is 84.2 Å². The minimum Gasteiger partial charge on any atom is -0.487 e. The van der Waals surface area contributed by atoms with E-state index in [9.17, 15) is 19.1 Å². The number of aliphatic hydroxyl groups is 1. The zero-order chi connectivity index (χ0) is 33.3. The van der Waals surface area contributed by atoms with Crippen molar-refractivity contribution in [3.63, 3.8) is 0 Å². The first-order chi connectivity index (χ1) is 23.3. The molecule has 1 fully saturated rings. The number of ether oxygens (including phenoxy) is 1. The molecule has 250 valence electrons. The molecule has 3 N–H and O–H groups in total. The predicted octanol–water partition coefficient (Wildman–Crippen LogP) is 6.29. The second kappa shape index (κ2) is 13.7. The average molecular weight is 650 g/mol. The standard InChI is InChI=1S/C40H44FN3O4/c1-2-26-16-17-37-30(21-26)34(24-40(48-37)18-8-9-19-40)42-25-36(45)33(22-27-11-4-3-5-12-27)43-38(46)31-23-29(28-13-6-7-14-32(28)41)39(47)44-20-10-15-35(31)44/h3-7,11-14,16-17,21,23,33-34,36,42,45H,2,8-10,15,18-20,22,24-25H2,1H3,(H,43,46)/t33-,34-,36+/m0/s1. The molecule has 3 aromatic carbocycles. The molecule has 0 saturated heterocycles. The van der Waals surface area contributed by atoms with Crippen LogP contribution >= 0.6 is 0 Å². The molecule has 0 unspecified atom stereocenters. The Morgan fingerprint density at radius 2 is 1.77 bits per heavy atom.